The first-order valence-electron chi connectivity index (χ1n) is 7.77. The Hall–Kier alpha value is -1.23. The number of carbonyl (C=O) groups is 1. The van der Waals surface area contributed by atoms with Gasteiger partial charge in [0, 0.05) is 24.8 Å². The second kappa shape index (κ2) is 6.26. The van der Waals surface area contributed by atoms with E-state index in [1.165, 1.54) is 6.42 Å². The van der Waals surface area contributed by atoms with Gasteiger partial charge in [0.05, 0.1) is 12.7 Å². The number of ether oxygens (including phenoxy) is 2. The van der Waals surface area contributed by atoms with Crippen LogP contribution in [0.2, 0.25) is 0 Å². The van der Waals surface area contributed by atoms with Crippen molar-refractivity contribution in [2.45, 2.75) is 56.5 Å². The fourth-order valence-corrected chi connectivity index (χ4v) is 3.18. The monoisotopic (exact) mass is 290 g/mol. The normalized spacial score (nSPS) is 25.9. The van der Waals surface area contributed by atoms with Gasteiger partial charge in [-0.1, -0.05) is 36.8 Å². The van der Waals surface area contributed by atoms with E-state index in [9.17, 15) is 9.90 Å². The quantitative estimate of drug-likeness (QED) is 0.866. The second-order valence-electron chi connectivity index (χ2n) is 6.00. The van der Waals surface area contributed by atoms with Crippen LogP contribution in [0.1, 0.15) is 48.9 Å². The summed E-state index contributed by atoms with van der Waals surface area (Å²) in [4.78, 5) is 12.1. The van der Waals surface area contributed by atoms with E-state index in [0.717, 1.165) is 25.7 Å². The zero-order valence-corrected chi connectivity index (χ0v) is 12.2. The highest BCUT2D eigenvalue weighted by Gasteiger charge is 2.44. The van der Waals surface area contributed by atoms with Crippen molar-refractivity contribution in [1.82, 2.24) is 0 Å². The minimum Gasteiger partial charge on any atom is -0.390 e. The lowest BCUT2D eigenvalue weighted by molar-refractivity contribution is -0.195. The summed E-state index contributed by atoms with van der Waals surface area (Å²) in [5, 5.41) is 10.3. The number of Topliss-reactive ketones (excluding diaryl/α,β-unsaturated/α-hetero) is 1. The Morgan fingerprint density at radius 1 is 1.24 bits per heavy atom. The third kappa shape index (κ3) is 3.34. The molecular formula is C17H22O4. The number of aliphatic hydroxyl groups excluding tert-OH is 1. The number of hydrogen-bond acceptors (Lipinski definition) is 4. The lowest BCUT2D eigenvalue weighted by Crippen LogP contribution is -2.36. The molecule has 4 nitrogen and oxygen atoms in total. The van der Waals surface area contributed by atoms with E-state index >= 15 is 0 Å². The highest BCUT2D eigenvalue weighted by atomic mass is 16.7. The molecule has 4 heteroatoms. The number of carbonyl (C=O) groups excluding carboxylic acids is 1. The van der Waals surface area contributed by atoms with Gasteiger partial charge in [-0.3, -0.25) is 4.79 Å². The molecule has 2 aliphatic rings. The van der Waals surface area contributed by atoms with Crippen molar-refractivity contribution in [2.75, 3.05) is 6.61 Å². The van der Waals surface area contributed by atoms with Crippen molar-refractivity contribution in [3.63, 3.8) is 0 Å². The van der Waals surface area contributed by atoms with Crippen LogP contribution in [0.5, 0.6) is 0 Å². The molecule has 1 aromatic rings. The summed E-state index contributed by atoms with van der Waals surface area (Å²) in [6.45, 7) is 0.378. The van der Waals surface area contributed by atoms with Crippen LogP contribution in [-0.4, -0.2) is 35.5 Å². The number of rotatable bonds is 4. The number of hydrogen-bond donors (Lipinski definition) is 1. The van der Waals surface area contributed by atoms with Gasteiger partial charge >= 0.3 is 0 Å². The van der Waals surface area contributed by atoms with Gasteiger partial charge in [-0.05, 0) is 12.8 Å². The fraction of sp³-hybridized carbons (Fsp3) is 0.588. The molecular weight excluding hydrogens is 268 g/mol. The molecule has 1 heterocycles. The Bertz CT molecular complexity index is 479. The molecule has 0 aromatic heterocycles. The summed E-state index contributed by atoms with van der Waals surface area (Å²) in [7, 11) is 0. The molecule has 2 atom stereocenters. The standard InChI is InChI=1S/C17H22O4/c18-14(13-7-3-1-4-8-13)11-15(19)16-12-20-17(21-16)9-5-2-6-10-17/h1,3-4,7-8,15-16,19H,2,5-6,9-12H2/t15?,16-/m1/s1. The predicted molar refractivity (Wildman–Crippen MR) is 78.0 cm³/mol. The summed E-state index contributed by atoms with van der Waals surface area (Å²) >= 11 is 0. The first-order chi connectivity index (χ1) is 10.2. The van der Waals surface area contributed by atoms with Crippen molar-refractivity contribution in [3.8, 4) is 0 Å². The molecule has 0 bridgehead atoms. The molecule has 114 valence electrons. The van der Waals surface area contributed by atoms with Crippen LogP contribution in [0.4, 0.5) is 0 Å². The van der Waals surface area contributed by atoms with Gasteiger partial charge in [-0.25, -0.2) is 0 Å². The Labute approximate surface area is 125 Å². The second-order valence-corrected chi connectivity index (χ2v) is 6.00. The summed E-state index contributed by atoms with van der Waals surface area (Å²) < 4.78 is 11.8. The maximum atomic E-state index is 12.1. The Morgan fingerprint density at radius 3 is 2.67 bits per heavy atom. The molecule has 0 amide bonds. The van der Waals surface area contributed by atoms with Crippen molar-refractivity contribution in [3.05, 3.63) is 35.9 Å². The molecule has 0 radical (unpaired) electrons. The third-order valence-corrected chi connectivity index (χ3v) is 4.41. The topological polar surface area (TPSA) is 55.8 Å². The molecule has 1 unspecified atom stereocenters. The van der Waals surface area contributed by atoms with E-state index in [0.29, 0.717) is 12.2 Å². The Morgan fingerprint density at radius 2 is 1.95 bits per heavy atom. The summed E-state index contributed by atoms with van der Waals surface area (Å²) in [6.07, 6.45) is 4.08. The molecule has 1 saturated carbocycles. The van der Waals surface area contributed by atoms with Crippen molar-refractivity contribution >= 4 is 5.78 Å². The first kappa shape index (κ1) is 14.7. The molecule has 1 aliphatic heterocycles. The maximum Gasteiger partial charge on any atom is 0.169 e. The predicted octanol–water partition coefficient (Wildman–Crippen LogP) is 2.70. The molecule has 1 aliphatic carbocycles. The van der Waals surface area contributed by atoms with Gasteiger partial charge in [0.15, 0.2) is 11.6 Å². The minimum atomic E-state index is -0.806. The van der Waals surface area contributed by atoms with Crippen LogP contribution in [0.3, 0.4) is 0 Å². The van der Waals surface area contributed by atoms with Crippen molar-refractivity contribution in [1.29, 1.82) is 0 Å². The van der Waals surface area contributed by atoms with Crippen LogP contribution >= 0.6 is 0 Å². The van der Waals surface area contributed by atoms with Gasteiger partial charge in [0.2, 0.25) is 0 Å². The van der Waals surface area contributed by atoms with Gasteiger partial charge in [0.25, 0.3) is 0 Å². The van der Waals surface area contributed by atoms with Crippen LogP contribution < -0.4 is 0 Å². The largest absolute Gasteiger partial charge is 0.390 e. The highest BCUT2D eigenvalue weighted by Crippen LogP contribution is 2.38. The molecule has 21 heavy (non-hydrogen) atoms. The van der Waals surface area contributed by atoms with E-state index < -0.39 is 18.0 Å². The highest BCUT2D eigenvalue weighted by molar-refractivity contribution is 5.96. The zero-order chi connectivity index (χ0) is 14.7. The molecule has 2 fully saturated rings. The van der Waals surface area contributed by atoms with Gasteiger partial charge in [-0.15, -0.1) is 0 Å². The molecule has 1 spiro atoms. The van der Waals surface area contributed by atoms with E-state index in [1.54, 1.807) is 12.1 Å². The Kier molecular flexibility index (Phi) is 4.38. The van der Waals surface area contributed by atoms with E-state index in [4.69, 9.17) is 9.47 Å². The Balaban J connectivity index is 1.56. The summed E-state index contributed by atoms with van der Waals surface area (Å²) in [5.74, 6) is -0.559. The minimum absolute atomic E-state index is 0.0590. The molecule has 3 rings (SSSR count). The van der Waals surface area contributed by atoms with Crippen molar-refractivity contribution < 1.29 is 19.4 Å². The fourth-order valence-electron chi connectivity index (χ4n) is 3.18. The van der Waals surface area contributed by atoms with Crippen LogP contribution in [-0.2, 0) is 9.47 Å². The zero-order valence-electron chi connectivity index (χ0n) is 12.2. The summed E-state index contributed by atoms with van der Waals surface area (Å²) in [6, 6.07) is 9.05. The number of aliphatic hydroxyl groups is 1. The van der Waals surface area contributed by atoms with Crippen LogP contribution in [0.15, 0.2) is 30.3 Å². The molecule has 1 saturated heterocycles. The van der Waals surface area contributed by atoms with E-state index in [2.05, 4.69) is 0 Å². The average Bonchev–Trinajstić information content (AvgIpc) is 2.92. The van der Waals surface area contributed by atoms with Crippen molar-refractivity contribution in [2.24, 2.45) is 0 Å². The SMILES string of the molecule is O=C(CC(O)[C@H]1COC2(CCCCC2)O1)c1ccccc1. The van der Waals surface area contributed by atoms with Crippen LogP contribution in [0, 0.1) is 0 Å². The van der Waals surface area contributed by atoms with E-state index in [1.807, 2.05) is 18.2 Å². The number of benzene rings is 1. The van der Waals surface area contributed by atoms with Gasteiger partial charge in [0.1, 0.15) is 6.10 Å². The smallest absolute Gasteiger partial charge is 0.169 e. The first-order valence-corrected chi connectivity index (χ1v) is 7.77. The average molecular weight is 290 g/mol. The molecule has 1 aromatic carbocycles. The molecule has 1 N–H and O–H groups in total. The summed E-state index contributed by atoms with van der Waals surface area (Å²) in [5.41, 5.74) is 0.628. The third-order valence-electron chi connectivity index (χ3n) is 4.41. The lowest BCUT2D eigenvalue weighted by Gasteiger charge is -2.32. The number of ketones is 1. The van der Waals surface area contributed by atoms with Gasteiger partial charge < -0.3 is 14.6 Å². The lowest BCUT2D eigenvalue weighted by atomic mass is 9.94. The van der Waals surface area contributed by atoms with Crippen LogP contribution in [0.25, 0.3) is 0 Å². The van der Waals surface area contributed by atoms with Gasteiger partial charge in [-0.2, -0.15) is 0 Å². The van der Waals surface area contributed by atoms with E-state index in [-0.39, 0.29) is 12.2 Å². The maximum absolute atomic E-state index is 12.1.